The third-order valence-electron chi connectivity index (χ3n) is 4.72. The van der Waals surface area contributed by atoms with Gasteiger partial charge in [0, 0.05) is 5.92 Å². The summed E-state index contributed by atoms with van der Waals surface area (Å²) in [5, 5.41) is 9.29. The Morgan fingerprint density at radius 1 is 1.26 bits per heavy atom. The summed E-state index contributed by atoms with van der Waals surface area (Å²) < 4.78 is 12.9. The van der Waals surface area contributed by atoms with Gasteiger partial charge in [-0.3, -0.25) is 4.79 Å². The number of halogens is 1. The minimum Gasteiger partial charge on any atom is -0.298 e. The molecule has 1 aromatic rings. The minimum absolute atomic E-state index is 0.0429. The first kappa shape index (κ1) is 12.3. The molecular weight excluding hydrogens is 241 g/mol. The highest BCUT2D eigenvalue weighted by atomic mass is 19.1. The Morgan fingerprint density at radius 3 is 2.53 bits per heavy atom. The first-order valence-corrected chi connectivity index (χ1v) is 6.88. The Hall–Kier alpha value is -1.69. The number of rotatable bonds is 3. The van der Waals surface area contributed by atoms with Crippen LogP contribution >= 0.6 is 0 Å². The average molecular weight is 257 g/mol. The second-order valence-electron chi connectivity index (χ2n) is 5.80. The van der Waals surface area contributed by atoms with Gasteiger partial charge >= 0.3 is 0 Å². The molecule has 2 saturated carbocycles. The highest BCUT2D eigenvalue weighted by molar-refractivity contribution is 5.91. The van der Waals surface area contributed by atoms with E-state index in [1.807, 2.05) is 0 Å². The average Bonchev–Trinajstić information content (AvgIpc) is 3.04. The molecule has 0 heterocycles. The van der Waals surface area contributed by atoms with Crippen LogP contribution in [0.1, 0.15) is 37.2 Å². The summed E-state index contributed by atoms with van der Waals surface area (Å²) in [6.45, 7) is 0. The number of hydrogen-bond acceptors (Lipinski definition) is 2. The molecule has 98 valence electrons. The number of Topliss-reactive ketones (excluding diaryl/α,β-unsaturated/α-hetero) is 1. The van der Waals surface area contributed by atoms with E-state index in [0.29, 0.717) is 17.4 Å². The van der Waals surface area contributed by atoms with Gasteiger partial charge in [0.2, 0.25) is 0 Å². The molecule has 4 unspecified atom stereocenters. The number of fused-ring (bicyclic) bond motifs is 2. The van der Waals surface area contributed by atoms with E-state index >= 15 is 0 Å². The van der Waals surface area contributed by atoms with Gasteiger partial charge in [0.15, 0.2) is 5.78 Å². The van der Waals surface area contributed by atoms with Gasteiger partial charge in [-0.05, 0) is 48.8 Å². The largest absolute Gasteiger partial charge is 0.298 e. The Labute approximate surface area is 112 Å². The van der Waals surface area contributed by atoms with Crippen molar-refractivity contribution in [3.05, 3.63) is 35.6 Å². The van der Waals surface area contributed by atoms with Gasteiger partial charge in [-0.1, -0.05) is 18.6 Å². The molecule has 19 heavy (non-hydrogen) atoms. The second-order valence-corrected chi connectivity index (χ2v) is 5.80. The molecule has 2 fully saturated rings. The maximum Gasteiger partial charge on any atom is 0.157 e. The predicted octanol–water partition coefficient (Wildman–Crippen LogP) is 3.44. The molecule has 0 N–H and O–H groups in total. The third kappa shape index (κ3) is 2.16. The van der Waals surface area contributed by atoms with E-state index in [2.05, 4.69) is 6.07 Å². The highest BCUT2D eigenvalue weighted by Gasteiger charge is 2.44. The minimum atomic E-state index is -0.732. The van der Waals surface area contributed by atoms with E-state index in [4.69, 9.17) is 0 Å². The fourth-order valence-electron chi connectivity index (χ4n) is 3.76. The predicted molar refractivity (Wildman–Crippen MR) is 68.7 cm³/mol. The molecule has 4 atom stereocenters. The van der Waals surface area contributed by atoms with Crippen molar-refractivity contribution < 1.29 is 9.18 Å². The first-order valence-electron chi connectivity index (χ1n) is 6.88. The molecule has 1 aromatic carbocycles. The van der Waals surface area contributed by atoms with Crippen molar-refractivity contribution in [2.24, 2.45) is 17.8 Å². The summed E-state index contributed by atoms with van der Waals surface area (Å²) in [7, 11) is 0. The molecule has 3 heteroatoms. The van der Waals surface area contributed by atoms with Crippen LogP contribution in [0.4, 0.5) is 4.39 Å². The van der Waals surface area contributed by atoms with Gasteiger partial charge < -0.3 is 0 Å². The van der Waals surface area contributed by atoms with Crippen LogP contribution in [0.2, 0.25) is 0 Å². The monoisotopic (exact) mass is 257 g/mol. The quantitative estimate of drug-likeness (QED) is 0.832. The van der Waals surface area contributed by atoms with Crippen LogP contribution in [0.5, 0.6) is 0 Å². The zero-order chi connectivity index (χ0) is 13.4. The summed E-state index contributed by atoms with van der Waals surface area (Å²) in [6, 6.07) is 7.83. The molecule has 0 aromatic heterocycles. The maximum atomic E-state index is 12.9. The molecule has 3 rings (SSSR count). The van der Waals surface area contributed by atoms with Crippen molar-refractivity contribution in [3.63, 3.8) is 0 Å². The summed E-state index contributed by atoms with van der Waals surface area (Å²) in [6.07, 6.45) is 4.46. The lowest BCUT2D eigenvalue weighted by atomic mass is 9.79. The van der Waals surface area contributed by atoms with E-state index < -0.39 is 5.92 Å². The zero-order valence-corrected chi connectivity index (χ0v) is 10.7. The lowest BCUT2D eigenvalue weighted by Gasteiger charge is -2.22. The smallest absolute Gasteiger partial charge is 0.157 e. The molecule has 2 bridgehead atoms. The van der Waals surface area contributed by atoms with Gasteiger partial charge in [-0.2, -0.15) is 5.26 Å². The number of nitriles is 1. The Kier molecular flexibility index (Phi) is 3.10. The van der Waals surface area contributed by atoms with Crippen LogP contribution < -0.4 is 0 Å². The number of carbonyl (C=O) groups is 1. The molecular formula is C16H16FNO. The van der Waals surface area contributed by atoms with Gasteiger partial charge in [-0.25, -0.2) is 4.39 Å². The van der Waals surface area contributed by atoms with Crippen LogP contribution in [0.15, 0.2) is 24.3 Å². The second kappa shape index (κ2) is 4.77. The van der Waals surface area contributed by atoms with Crippen LogP contribution in [0.3, 0.4) is 0 Å². The molecule has 0 aliphatic heterocycles. The fourth-order valence-corrected chi connectivity index (χ4v) is 3.76. The SMILES string of the molecule is N#CC(C(=O)C1CC2CCC1C2)c1ccc(F)cc1. The number of carbonyl (C=O) groups excluding carboxylic acids is 1. The van der Waals surface area contributed by atoms with E-state index in [1.165, 1.54) is 18.6 Å². The summed E-state index contributed by atoms with van der Waals surface area (Å²) in [4.78, 5) is 12.5. The van der Waals surface area contributed by atoms with Crippen LogP contribution in [-0.2, 0) is 4.79 Å². The van der Waals surface area contributed by atoms with Crippen molar-refractivity contribution in [1.29, 1.82) is 5.26 Å². The molecule has 0 radical (unpaired) electrons. The van der Waals surface area contributed by atoms with Crippen molar-refractivity contribution in [1.82, 2.24) is 0 Å². The number of hydrogen-bond donors (Lipinski definition) is 0. The Morgan fingerprint density at radius 2 is 2.00 bits per heavy atom. The van der Waals surface area contributed by atoms with Gasteiger partial charge in [0.1, 0.15) is 11.7 Å². The first-order chi connectivity index (χ1) is 9.19. The van der Waals surface area contributed by atoms with Crippen molar-refractivity contribution in [3.8, 4) is 6.07 Å². The van der Waals surface area contributed by atoms with Crippen LogP contribution in [0, 0.1) is 34.9 Å². The van der Waals surface area contributed by atoms with Crippen LogP contribution in [0.25, 0.3) is 0 Å². The number of benzene rings is 1. The van der Waals surface area contributed by atoms with Gasteiger partial charge in [0.25, 0.3) is 0 Å². The third-order valence-corrected chi connectivity index (χ3v) is 4.72. The van der Waals surface area contributed by atoms with E-state index in [1.54, 1.807) is 12.1 Å². The molecule has 2 aliphatic rings. The van der Waals surface area contributed by atoms with Gasteiger partial charge in [-0.15, -0.1) is 0 Å². The van der Waals surface area contributed by atoms with E-state index in [-0.39, 0.29) is 17.5 Å². The standard InChI is InChI=1S/C16H16FNO/c17-13-5-3-11(4-6-13)15(9-18)16(19)14-8-10-1-2-12(14)7-10/h3-6,10,12,14-15H,1-2,7-8H2. The molecule has 2 aliphatic carbocycles. The van der Waals surface area contributed by atoms with E-state index in [0.717, 1.165) is 19.3 Å². The molecule has 2 nitrogen and oxygen atoms in total. The molecule has 0 saturated heterocycles. The fraction of sp³-hybridized carbons (Fsp3) is 0.500. The van der Waals surface area contributed by atoms with Crippen molar-refractivity contribution >= 4 is 5.78 Å². The number of nitrogens with zero attached hydrogens (tertiary/aromatic N) is 1. The lowest BCUT2D eigenvalue weighted by molar-refractivity contribution is -0.124. The molecule has 0 spiro atoms. The van der Waals surface area contributed by atoms with Gasteiger partial charge in [0.05, 0.1) is 6.07 Å². The summed E-state index contributed by atoms with van der Waals surface area (Å²) in [5.74, 6) is 0.188. The van der Waals surface area contributed by atoms with E-state index in [9.17, 15) is 14.4 Å². The summed E-state index contributed by atoms with van der Waals surface area (Å²) >= 11 is 0. The highest BCUT2D eigenvalue weighted by Crippen LogP contribution is 2.49. The Balaban J connectivity index is 1.81. The zero-order valence-electron chi connectivity index (χ0n) is 10.7. The van der Waals surface area contributed by atoms with Crippen molar-refractivity contribution in [2.75, 3.05) is 0 Å². The lowest BCUT2D eigenvalue weighted by Crippen LogP contribution is -2.26. The van der Waals surface area contributed by atoms with Crippen LogP contribution in [-0.4, -0.2) is 5.78 Å². The normalized spacial score (nSPS) is 30.0. The topological polar surface area (TPSA) is 40.9 Å². The van der Waals surface area contributed by atoms with Crippen molar-refractivity contribution in [2.45, 2.75) is 31.6 Å². The maximum absolute atomic E-state index is 12.9. The number of ketones is 1. The summed E-state index contributed by atoms with van der Waals surface area (Å²) in [5.41, 5.74) is 0.622. The molecule has 0 amide bonds. The Bertz CT molecular complexity index is 531.